The number of rotatable bonds is 3. The highest BCUT2D eigenvalue weighted by molar-refractivity contribution is 6.03. The van der Waals surface area contributed by atoms with Crippen molar-refractivity contribution in [3.05, 3.63) is 36.0 Å². The molecule has 1 heterocycles. The first-order valence-electron chi connectivity index (χ1n) is 8.47. The molecule has 1 amide bonds. The Morgan fingerprint density at radius 1 is 1.12 bits per heavy atom. The largest absolute Gasteiger partial charge is 0.465 e. The predicted molar refractivity (Wildman–Crippen MR) is 92.9 cm³/mol. The van der Waals surface area contributed by atoms with Gasteiger partial charge in [0.05, 0.1) is 12.7 Å². The van der Waals surface area contributed by atoms with Crippen molar-refractivity contribution in [2.24, 2.45) is 5.92 Å². The topological polar surface area (TPSA) is 68.3 Å². The van der Waals surface area contributed by atoms with Gasteiger partial charge in [0.15, 0.2) is 0 Å². The van der Waals surface area contributed by atoms with Crippen molar-refractivity contribution in [1.82, 2.24) is 4.98 Å². The smallest absolute Gasteiger partial charge is 0.337 e. The molecule has 1 saturated carbocycles. The summed E-state index contributed by atoms with van der Waals surface area (Å²) in [6.07, 6.45) is 8.20. The molecule has 0 aliphatic heterocycles. The molecule has 0 spiro atoms. The Hall–Kier alpha value is -2.43. The number of hydrogen-bond donors (Lipinski definition) is 1. The van der Waals surface area contributed by atoms with Gasteiger partial charge >= 0.3 is 5.97 Å². The molecule has 1 aliphatic rings. The molecule has 1 aromatic heterocycles. The third kappa shape index (κ3) is 3.55. The Morgan fingerprint density at radius 2 is 1.88 bits per heavy atom. The van der Waals surface area contributed by atoms with E-state index >= 15 is 0 Å². The fourth-order valence-electron chi connectivity index (χ4n) is 3.28. The van der Waals surface area contributed by atoms with Crippen molar-refractivity contribution in [2.75, 3.05) is 12.4 Å². The molecule has 0 radical (unpaired) electrons. The fourth-order valence-corrected chi connectivity index (χ4v) is 3.28. The van der Waals surface area contributed by atoms with E-state index < -0.39 is 0 Å². The van der Waals surface area contributed by atoms with E-state index in [-0.39, 0.29) is 17.8 Å². The summed E-state index contributed by atoms with van der Waals surface area (Å²) in [4.78, 5) is 28.5. The summed E-state index contributed by atoms with van der Waals surface area (Å²) in [6.45, 7) is 0. The van der Waals surface area contributed by atoms with Gasteiger partial charge < -0.3 is 10.1 Å². The first kappa shape index (κ1) is 16.4. The molecular formula is C19H22N2O3. The summed E-state index contributed by atoms with van der Waals surface area (Å²) in [7, 11) is 1.36. The number of fused-ring (bicyclic) bond motifs is 1. The van der Waals surface area contributed by atoms with Gasteiger partial charge in [0.1, 0.15) is 5.82 Å². The number of carbonyl (C=O) groups is 2. The van der Waals surface area contributed by atoms with Crippen LogP contribution in [0.1, 0.15) is 48.9 Å². The van der Waals surface area contributed by atoms with Gasteiger partial charge in [-0.2, -0.15) is 0 Å². The number of aromatic nitrogens is 1. The molecule has 0 atom stereocenters. The van der Waals surface area contributed by atoms with E-state index in [1.165, 1.54) is 20.0 Å². The zero-order valence-corrected chi connectivity index (χ0v) is 13.9. The van der Waals surface area contributed by atoms with Crippen molar-refractivity contribution < 1.29 is 14.3 Å². The average molecular weight is 326 g/mol. The van der Waals surface area contributed by atoms with E-state index in [0.29, 0.717) is 11.4 Å². The number of esters is 1. The third-order valence-corrected chi connectivity index (χ3v) is 4.65. The summed E-state index contributed by atoms with van der Waals surface area (Å²) >= 11 is 0. The second-order valence-electron chi connectivity index (χ2n) is 6.26. The number of pyridine rings is 1. The van der Waals surface area contributed by atoms with Crippen LogP contribution in [0.3, 0.4) is 0 Å². The molecular weight excluding hydrogens is 304 g/mol. The van der Waals surface area contributed by atoms with Crippen LogP contribution in [0.2, 0.25) is 0 Å². The van der Waals surface area contributed by atoms with Crippen LogP contribution >= 0.6 is 0 Å². The van der Waals surface area contributed by atoms with Crippen LogP contribution in [0, 0.1) is 5.92 Å². The maximum Gasteiger partial charge on any atom is 0.337 e. The lowest BCUT2D eigenvalue weighted by atomic mass is 9.99. The van der Waals surface area contributed by atoms with Crippen LogP contribution in [-0.2, 0) is 9.53 Å². The van der Waals surface area contributed by atoms with Crippen LogP contribution in [0.15, 0.2) is 30.5 Å². The van der Waals surface area contributed by atoms with Crippen LogP contribution in [0.25, 0.3) is 10.8 Å². The minimum Gasteiger partial charge on any atom is -0.465 e. The quantitative estimate of drug-likeness (QED) is 0.685. The molecule has 1 aliphatic carbocycles. The van der Waals surface area contributed by atoms with E-state index in [9.17, 15) is 9.59 Å². The normalized spacial score (nSPS) is 15.7. The number of nitrogens with one attached hydrogen (secondary N) is 1. The Kier molecular flexibility index (Phi) is 5.08. The van der Waals surface area contributed by atoms with Gasteiger partial charge in [0.2, 0.25) is 5.91 Å². The molecule has 24 heavy (non-hydrogen) atoms. The molecule has 126 valence electrons. The van der Waals surface area contributed by atoms with Crippen molar-refractivity contribution in [3.8, 4) is 0 Å². The van der Waals surface area contributed by atoms with Gasteiger partial charge in [-0.15, -0.1) is 0 Å². The van der Waals surface area contributed by atoms with E-state index in [2.05, 4.69) is 10.3 Å². The van der Waals surface area contributed by atoms with Crippen LogP contribution in [0.5, 0.6) is 0 Å². The van der Waals surface area contributed by atoms with E-state index in [1.807, 2.05) is 6.07 Å². The molecule has 5 heteroatoms. The molecule has 0 unspecified atom stereocenters. The maximum atomic E-state index is 12.6. The van der Waals surface area contributed by atoms with Gasteiger partial charge in [-0.3, -0.25) is 4.79 Å². The minimum absolute atomic E-state index is 0.0499. The number of benzene rings is 1. The zero-order valence-electron chi connectivity index (χ0n) is 13.9. The minimum atomic E-state index is -0.377. The molecule has 1 aromatic carbocycles. The van der Waals surface area contributed by atoms with Crippen LogP contribution in [-0.4, -0.2) is 24.0 Å². The number of methoxy groups -OCH3 is 1. The van der Waals surface area contributed by atoms with Gasteiger partial charge in [-0.05, 0) is 42.5 Å². The number of nitrogens with zero attached hydrogens (tertiary/aromatic N) is 1. The number of amides is 1. The van der Waals surface area contributed by atoms with Gasteiger partial charge in [-0.1, -0.05) is 25.7 Å². The SMILES string of the molecule is COC(=O)c1ccc2c(NC(=O)C3CCCCCC3)nccc2c1. The predicted octanol–water partition coefficient (Wildman–Crippen LogP) is 3.93. The van der Waals surface area contributed by atoms with Crippen LogP contribution < -0.4 is 5.32 Å². The highest BCUT2D eigenvalue weighted by Gasteiger charge is 2.21. The van der Waals surface area contributed by atoms with Crippen molar-refractivity contribution >= 4 is 28.5 Å². The Morgan fingerprint density at radius 3 is 2.58 bits per heavy atom. The first-order chi connectivity index (χ1) is 11.7. The number of carbonyl (C=O) groups excluding carboxylic acids is 2. The second kappa shape index (κ2) is 7.43. The van der Waals surface area contributed by atoms with E-state index in [0.717, 1.165) is 36.5 Å². The monoisotopic (exact) mass is 326 g/mol. The van der Waals surface area contributed by atoms with E-state index in [1.54, 1.807) is 24.4 Å². The number of hydrogen-bond acceptors (Lipinski definition) is 4. The highest BCUT2D eigenvalue weighted by atomic mass is 16.5. The fraction of sp³-hybridized carbons (Fsp3) is 0.421. The van der Waals surface area contributed by atoms with Gasteiger partial charge in [0.25, 0.3) is 0 Å². The summed E-state index contributed by atoms with van der Waals surface area (Å²) < 4.78 is 4.75. The average Bonchev–Trinajstić information content (AvgIpc) is 2.90. The van der Waals surface area contributed by atoms with Crippen molar-refractivity contribution in [2.45, 2.75) is 38.5 Å². The lowest BCUT2D eigenvalue weighted by Gasteiger charge is -2.15. The molecule has 1 N–H and O–H groups in total. The highest BCUT2D eigenvalue weighted by Crippen LogP contribution is 2.26. The van der Waals surface area contributed by atoms with Crippen molar-refractivity contribution in [1.29, 1.82) is 0 Å². The van der Waals surface area contributed by atoms with Crippen molar-refractivity contribution in [3.63, 3.8) is 0 Å². The Balaban J connectivity index is 1.83. The molecule has 2 aromatic rings. The van der Waals surface area contributed by atoms with Gasteiger partial charge in [-0.25, -0.2) is 9.78 Å². The zero-order chi connectivity index (χ0) is 16.9. The Labute approximate surface area is 141 Å². The Bertz CT molecular complexity index is 749. The molecule has 0 bridgehead atoms. The second-order valence-corrected chi connectivity index (χ2v) is 6.26. The van der Waals surface area contributed by atoms with E-state index in [4.69, 9.17) is 4.74 Å². The molecule has 5 nitrogen and oxygen atoms in total. The molecule has 1 fully saturated rings. The molecule has 0 saturated heterocycles. The number of anilines is 1. The summed E-state index contributed by atoms with van der Waals surface area (Å²) in [5.41, 5.74) is 0.484. The summed E-state index contributed by atoms with van der Waals surface area (Å²) in [5.74, 6) is 0.295. The molecule has 3 rings (SSSR count). The lowest BCUT2D eigenvalue weighted by Crippen LogP contribution is -2.23. The summed E-state index contributed by atoms with van der Waals surface area (Å²) in [5, 5.41) is 4.66. The standard InChI is InChI=1S/C19H22N2O3/c1-24-19(23)15-8-9-16-14(12-15)10-11-20-17(16)21-18(22)13-6-4-2-3-5-7-13/h8-13H,2-7H2,1H3,(H,20,21,22). The maximum absolute atomic E-state index is 12.6. The number of ether oxygens (including phenoxy) is 1. The first-order valence-corrected chi connectivity index (χ1v) is 8.47. The van der Waals surface area contributed by atoms with Crippen LogP contribution in [0.4, 0.5) is 5.82 Å². The van der Waals surface area contributed by atoms with Gasteiger partial charge in [0, 0.05) is 17.5 Å². The summed E-state index contributed by atoms with van der Waals surface area (Å²) in [6, 6.07) is 7.07. The lowest BCUT2D eigenvalue weighted by molar-refractivity contribution is -0.120. The third-order valence-electron chi connectivity index (χ3n) is 4.65.